The SMILES string of the molecule is CC/C=C\c1c(C)nc2ccccc2c1NCCN(CCC)C(C)=N. The van der Waals surface area contributed by atoms with Gasteiger partial charge in [-0.2, -0.15) is 0 Å². The van der Waals surface area contributed by atoms with Crippen molar-refractivity contribution in [1.82, 2.24) is 9.88 Å². The van der Waals surface area contributed by atoms with Crippen molar-refractivity contribution in [1.29, 1.82) is 5.41 Å². The standard InChI is InChI=1S/C21H30N4/c1-5-7-10-18-16(3)24-20-12-9-8-11-19(20)21(18)23-13-15-25(14-6-2)17(4)22/h7-12,22H,5-6,13-15H2,1-4H3,(H,23,24)/b10-7-,22-17?. The predicted octanol–water partition coefficient (Wildman–Crippen LogP) is 5.09. The fourth-order valence-corrected chi connectivity index (χ4v) is 3.01. The van der Waals surface area contributed by atoms with Gasteiger partial charge < -0.3 is 10.2 Å². The van der Waals surface area contributed by atoms with Gasteiger partial charge in [0, 0.05) is 36.3 Å². The van der Waals surface area contributed by atoms with Crippen LogP contribution in [0.5, 0.6) is 0 Å². The third kappa shape index (κ3) is 4.81. The highest BCUT2D eigenvalue weighted by Crippen LogP contribution is 2.29. The van der Waals surface area contributed by atoms with Crippen LogP contribution >= 0.6 is 0 Å². The summed E-state index contributed by atoms with van der Waals surface area (Å²) in [5.41, 5.74) is 4.37. The van der Waals surface area contributed by atoms with Gasteiger partial charge in [-0.05, 0) is 32.8 Å². The maximum absolute atomic E-state index is 7.91. The Bertz CT molecular complexity index is 749. The quantitative estimate of drug-likeness (QED) is 0.521. The predicted molar refractivity (Wildman–Crippen MR) is 110 cm³/mol. The number of nitrogens with one attached hydrogen (secondary N) is 2. The Kier molecular flexibility index (Phi) is 6.99. The van der Waals surface area contributed by atoms with Crippen molar-refractivity contribution < 1.29 is 0 Å². The number of amidine groups is 1. The van der Waals surface area contributed by atoms with Crippen LogP contribution in [-0.4, -0.2) is 35.4 Å². The zero-order valence-corrected chi connectivity index (χ0v) is 15.9. The van der Waals surface area contributed by atoms with Crippen molar-refractivity contribution in [2.75, 3.05) is 25.0 Å². The van der Waals surface area contributed by atoms with E-state index in [4.69, 9.17) is 10.4 Å². The summed E-state index contributed by atoms with van der Waals surface area (Å²) in [4.78, 5) is 6.87. The van der Waals surface area contributed by atoms with E-state index in [1.54, 1.807) is 0 Å². The highest BCUT2D eigenvalue weighted by atomic mass is 15.2. The zero-order chi connectivity index (χ0) is 18.2. The molecule has 134 valence electrons. The van der Waals surface area contributed by atoms with Gasteiger partial charge in [0.2, 0.25) is 0 Å². The summed E-state index contributed by atoms with van der Waals surface area (Å²) in [6.45, 7) is 10.8. The Morgan fingerprint density at radius 3 is 2.68 bits per heavy atom. The molecule has 1 aromatic heterocycles. The van der Waals surface area contributed by atoms with Crippen molar-refractivity contribution in [2.24, 2.45) is 0 Å². The molecule has 2 N–H and O–H groups in total. The molecule has 0 saturated heterocycles. The van der Waals surface area contributed by atoms with Crippen molar-refractivity contribution in [3.8, 4) is 0 Å². The van der Waals surface area contributed by atoms with Crippen LogP contribution in [0.1, 0.15) is 44.9 Å². The Morgan fingerprint density at radius 1 is 1.24 bits per heavy atom. The lowest BCUT2D eigenvalue weighted by Crippen LogP contribution is -2.33. The molecule has 0 aliphatic rings. The lowest BCUT2D eigenvalue weighted by atomic mass is 10.0. The highest BCUT2D eigenvalue weighted by Gasteiger charge is 2.11. The first kappa shape index (κ1) is 19.0. The average molecular weight is 338 g/mol. The number of pyridine rings is 1. The summed E-state index contributed by atoms with van der Waals surface area (Å²) in [7, 11) is 0. The summed E-state index contributed by atoms with van der Waals surface area (Å²) >= 11 is 0. The number of rotatable bonds is 8. The minimum absolute atomic E-state index is 0.630. The molecule has 0 amide bonds. The van der Waals surface area contributed by atoms with Gasteiger partial charge >= 0.3 is 0 Å². The molecule has 0 unspecified atom stereocenters. The summed E-state index contributed by atoms with van der Waals surface area (Å²) in [5, 5.41) is 12.7. The Morgan fingerprint density at radius 2 is 2.00 bits per heavy atom. The smallest absolute Gasteiger partial charge is 0.0926 e. The molecule has 0 bridgehead atoms. The average Bonchev–Trinajstić information content (AvgIpc) is 2.59. The number of nitrogens with zero attached hydrogens (tertiary/aromatic N) is 2. The van der Waals surface area contributed by atoms with E-state index in [9.17, 15) is 0 Å². The molecule has 25 heavy (non-hydrogen) atoms. The van der Waals surface area contributed by atoms with E-state index in [0.717, 1.165) is 60.3 Å². The van der Waals surface area contributed by atoms with Crippen LogP contribution in [0.2, 0.25) is 0 Å². The van der Waals surface area contributed by atoms with E-state index >= 15 is 0 Å². The highest BCUT2D eigenvalue weighted by molar-refractivity contribution is 5.96. The molecule has 0 aliphatic heterocycles. The zero-order valence-electron chi connectivity index (χ0n) is 15.9. The van der Waals surface area contributed by atoms with Gasteiger partial charge in [-0.3, -0.25) is 10.4 Å². The largest absolute Gasteiger partial charge is 0.382 e. The summed E-state index contributed by atoms with van der Waals surface area (Å²) in [6.07, 6.45) is 6.40. The molecule has 0 spiro atoms. The first-order chi connectivity index (χ1) is 12.1. The fourth-order valence-electron chi connectivity index (χ4n) is 3.01. The topological polar surface area (TPSA) is 52.0 Å². The minimum Gasteiger partial charge on any atom is -0.382 e. The Hall–Kier alpha value is -2.36. The molecular weight excluding hydrogens is 308 g/mol. The van der Waals surface area contributed by atoms with E-state index in [0.29, 0.717) is 5.84 Å². The van der Waals surface area contributed by atoms with Gasteiger partial charge in [0.05, 0.1) is 17.0 Å². The Labute approximate surface area is 151 Å². The van der Waals surface area contributed by atoms with Crippen molar-refractivity contribution in [2.45, 2.75) is 40.5 Å². The van der Waals surface area contributed by atoms with Crippen LogP contribution in [0, 0.1) is 12.3 Å². The first-order valence-corrected chi connectivity index (χ1v) is 9.18. The first-order valence-electron chi connectivity index (χ1n) is 9.18. The molecular formula is C21H30N4. The molecule has 0 radical (unpaired) electrons. The number of anilines is 1. The molecule has 0 atom stereocenters. The molecule has 0 fully saturated rings. The number of para-hydroxylation sites is 1. The summed E-state index contributed by atoms with van der Waals surface area (Å²) < 4.78 is 0. The van der Waals surface area contributed by atoms with E-state index in [1.807, 2.05) is 13.0 Å². The van der Waals surface area contributed by atoms with Crippen LogP contribution < -0.4 is 5.32 Å². The Balaban J connectivity index is 2.31. The normalized spacial score (nSPS) is 11.2. The number of aromatic nitrogens is 1. The van der Waals surface area contributed by atoms with Crippen LogP contribution in [0.3, 0.4) is 0 Å². The number of aryl methyl sites for hydroxylation is 1. The van der Waals surface area contributed by atoms with E-state index in [1.165, 1.54) is 0 Å². The van der Waals surface area contributed by atoms with Gasteiger partial charge in [0.1, 0.15) is 0 Å². The number of benzene rings is 1. The van der Waals surface area contributed by atoms with Gasteiger partial charge in [0.25, 0.3) is 0 Å². The van der Waals surface area contributed by atoms with Crippen molar-refractivity contribution in [3.63, 3.8) is 0 Å². The van der Waals surface area contributed by atoms with Crippen LogP contribution in [0.15, 0.2) is 30.3 Å². The summed E-state index contributed by atoms with van der Waals surface area (Å²) in [6, 6.07) is 8.27. The molecule has 0 aliphatic carbocycles. The minimum atomic E-state index is 0.630. The third-order valence-corrected chi connectivity index (χ3v) is 4.29. The fraction of sp³-hybridized carbons (Fsp3) is 0.429. The van der Waals surface area contributed by atoms with Crippen molar-refractivity contribution in [3.05, 3.63) is 41.6 Å². The molecule has 1 aromatic carbocycles. The lowest BCUT2D eigenvalue weighted by molar-refractivity contribution is 0.427. The molecule has 1 heterocycles. The maximum Gasteiger partial charge on any atom is 0.0926 e. The van der Waals surface area contributed by atoms with Crippen LogP contribution in [-0.2, 0) is 0 Å². The monoisotopic (exact) mass is 338 g/mol. The molecule has 2 rings (SSSR count). The van der Waals surface area contributed by atoms with Gasteiger partial charge in [-0.25, -0.2) is 0 Å². The molecule has 4 heteroatoms. The number of fused-ring (bicyclic) bond motifs is 1. The number of allylic oxidation sites excluding steroid dienone is 1. The number of hydrogen-bond donors (Lipinski definition) is 2. The van der Waals surface area contributed by atoms with E-state index in [2.05, 4.69) is 61.3 Å². The van der Waals surface area contributed by atoms with E-state index in [-0.39, 0.29) is 0 Å². The molecule has 4 nitrogen and oxygen atoms in total. The van der Waals surface area contributed by atoms with Crippen molar-refractivity contribution >= 4 is 28.5 Å². The van der Waals surface area contributed by atoms with Gasteiger partial charge in [0.15, 0.2) is 0 Å². The lowest BCUT2D eigenvalue weighted by Gasteiger charge is -2.24. The van der Waals surface area contributed by atoms with Gasteiger partial charge in [-0.15, -0.1) is 0 Å². The molecule has 2 aromatic rings. The third-order valence-electron chi connectivity index (χ3n) is 4.29. The summed E-state index contributed by atoms with van der Waals surface area (Å²) in [5.74, 6) is 0.630. The number of hydrogen-bond acceptors (Lipinski definition) is 3. The van der Waals surface area contributed by atoms with E-state index < -0.39 is 0 Å². The second kappa shape index (κ2) is 9.21. The van der Waals surface area contributed by atoms with Crippen LogP contribution in [0.25, 0.3) is 17.0 Å². The van der Waals surface area contributed by atoms with Crippen LogP contribution in [0.4, 0.5) is 5.69 Å². The second-order valence-electron chi connectivity index (χ2n) is 6.31. The maximum atomic E-state index is 7.91. The second-order valence-corrected chi connectivity index (χ2v) is 6.31. The molecule has 0 saturated carbocycles. The van der Waals surface area contributed by atoms with Gasteiger partial charge in [-0.1, -0.05) is 44.2 Å².